The van der Waals surface area contributed by atoms with Crippen LogP contribution in [-0.2, 0) is 36.9 Å². The highest BCUT2D eigenvalue weighted by molar-refractivity contribution is 6.30. The highest BCUT2D eigenvalue weighted by Gasteiger charge is 2.61. The first kappa shape index (κ1) is 26.2. The molecule has 0 saturated carbocycles. The SMILES string of the molecule is O=C(COc1ccccc1)N[C@H]1C(=O)N2C1CN(C(=O)Cc1ccc(Cl)cc1)C2C(=O)OCc1ccccc1. The zero-order chi connectivity index (χ0) is 27.4. The Morgan fingerprint density at radius 1 is 0.897 bits per heavy atom. The number of carbonyl (C=O) groups excluding carboxylic acids is 4. The lowest BCUT2D eigenvalue weighted by atomic mass is 9.96. The molecule has 3 aromatic rings. The Bertz CT molecular complexity index is 1350. The molecule has 2 fully saturated rings. The van der Waals surface area contributed by atoms with Crippen LogP contribution in [0.15, 0.2) is 84.9 Å². The summed E-state index contributed by atoms with van der Waals surface area (Å²) in [7, 11) is 0. The number of esters is 1. The molecule has 2 unspecified atom stereocenters. The van der Waals surface area contributed by atoms with Crippen LogP contribution in [0.2, 0.25) is 5.02 Å². The number of nitrogens with one attached hydrogen (secondary N) is 1. The van der Waals surface area contributed by atoms with E-state index in [1.165, 1.54) is 9.80 Å². The maximum Gasteiger partial charge on any atom is 0.350 e. The Balaban J connectivity index is 1.28. The first-order valence-corrected chi connectivity index (χ1v) is 12.8. The summed E-state index contributed by atoms with van der Waals surface area (Å²) < 4.78 is 11.0. The average Bonchev–Trinajstić information content (AvgIpc) is 3.32. The van der Waals surface area contributed by atoms with Crippen LogP contribution < -0.4 is 10.1 Å². The van der Waals surface area contributed by atoms with Gasteiger partial charge >= 0.3 is 5.97 Å². The topological polar surface area (TPSA) is 105 Å². The molecule has 2 saturated heterocycles. The van der Waals surface area contributed by atoms with Gasteiger partial charge in [-0.25, -0.2) is 4.79 Å². The molecule has 5 rings (SSSR count). The summed E-state index contributed by atoms with van der Waals surface area (Å²) in [5.41, 5.74) is 1.49. The molecule has 0 radical (unpaired) electrons. The van der Waals surface area contributed by atoms with E-state index in [0.29, 0.717) is 16.3 Å². The van der Waals surface area contributed by atoms with Gasteiger partial charge in [-0.3, -0.25) is 14.4 Å². The van der Waals surface area contributed by atoms with E-state index in [4.69, 9.17) is 21.1 Å². The van der Waals surface area contributed by atoms with Crippen molar-refractivity contribution in [2.24, 2.45) is 0 Å². The average molecular weight is 548 g/mol. The van der Waals surface area contributed by atoms with Gasteiger partial charge in [-0.15, -0.1) is 0 Å². The molecule has 3 atom stereocenters. The van der Waals surface area contributed by atoms with Crippen LogP contribution in [0.4, 0.5) is 0 Å². The number of benzene rings is 3. The van der Waals surface area contributed by atoms with E-state index in [9.17, 15) is 19.2 Å². The van der Waals surface area contributed by atoms with Crippen molar-refractivity contribution in [3.8, 4) is 5.75 Å². The van der Waals surface area contributed by atoms with Crippen molar-refractivity contribution in [3.63, 3.8) is 0 Å². The molecule has 0 spiro atoms. The van der Waals surface area contributed by atoms with Crippen LogP contribution >= 0.6 is 11.6 Å². The van der Waals surface area contributed by atoms with Gasteiger partial charge in [-0.05, 0) is 35.4 Å². The quantitative estimate of drug-likeness (QED) is 0.326. The van der Waals surface area contributed by atoms with Crippen LogP contribution in [-0.4, -0.2) is 64.9 Å². The molecule has 10 heteroatoms. The number of carbonyl (C=O) groups is 4. The van der Waals surface area contributed by atoms with Gasteiger partial charge in [0.2, 0.25) is 18.0 Å². The number of halogens is 1. The standard InChI is InChI=1S/C29H26ClN3O6/c30-21-13-11-19(12-14-21)15-25(35)32-16-23-26(31-24(34)18-38-22-9-5-2-6-10-22)28(36)33(23)27(32)29(37)39-17-20-7-3-1-4-8-20/h1-14,23,26-27H,15-18H2,(H,31,34)/t23?,26-,27?/m1/s1. The number of amides is 3. The van der Waals surface area contributed by atoms with Crippen molar-refractivity contribution in [2.75, 3.05) is 13.2 Å². The van der Waals surface area contributed by atoms with Gasteiger partial charge < -0.3 is 24.6 Å². The minimum absolute atomic E-state index is 0.000918. The van der Waals surface area contributed by atoms with E-state index in [0.717, 1.165) is 5.56 Å². The number of nitrogens with zero attached hydrogens (tertiary/aromatic N) is 2. The molecule has 39 heavy (non-hydrogen) atoms. The Morgan fingerprint density at radius 2 is 1.56 bits per heavy atom. The fourth-order valence-electron chi connectivity index (χ4n) is 4.71. The van der Waals surface area contributed by atoms with E-state index in [2.05, 4.69) is 5.32 Å². The molecule has 0 aliphatic carbocycles. The van der Waals surface area contributed by atoms with Crippen LogP contribution in [0.25, 0.3) is 0 Å². The van der Waals surface area contributed by atoms with Gasteiger partial charge in [0.25, 0.3) is 5.91 Å². The van der Waals surface area contributed by atoms with Crippen LogP contribution in [0.1, 0.15) is 11.1 Å². The second kappa shape index (κ2) is 11.6. The summed E-state index contributed by atoms with van der Waals surface area (Å²) in [4.78, 5) is 54.9. The molecule has 3 amide bonds. The number of ether oxygens (including phenoxy) is 2. The van der Waals surface area contributed by atoms with Crippen LogP contribution in [0.3, 0.4) is 0 Å². The lowest BCUT2D eigenvalue weighted by Gasteiger charge is -2.43. The van der Waals surface area contributed by atoms with Crippen LogP contribution in [0, 0.1) is 0 Å². The lowest BCUT2D eigenvalue weighted by Crippen LogP contribution is -2.71. The van der Waals surface area contributed by atoms with Crippen molar-refractivity contribution in [3.05, 3.63) is 101 Å². The molecule has 0 aromatic heterocycles. The fraction of sp³-hybridized carbons (Fsp3) is 0.241. The third-order valence-corrected chi connectivity index (χ3v) is 6.91. The summed E-state index contributed by atoms with van der Waals surface area (Å²) in [5, 5.41) is 3.22. The van der Waals surface area contributed by atoms with Crippen molar-refractivity contribution in [1.82, 2.24) is 15.1 Å². The minimum Gasteiger partial charge on any atom is -0.484 e. The summed E-state index contributed by atoms with van der Waals surface area (Å²) in [5.74, 6) is -1.48. The Labute approximate surface area is 230 Å². The molecule has 200 valence electrons. The Kier molecular flexibility index (Phi) is 7.79. The number of fused-ring (bicyclic) bond motifs is 1. The van der Waals surface area contributed by atoms with Gasteiger partial charge in [0.05, 0.1) is 12.5 Å². The lowest BCUT2D eigenvalue weighted by molar-refractivity contribution is -0.170. The number of rotatable bonds is 9. The first-order chi connectivity index (χ1) is 18.9. The molecule has 0 bridgehead atoms. The number of hydrogen-bond acceptors (Lipinski definition) is 6. The van der Waals surface area contributed by atoms with E-state index < -0.39 is 36.0 Å². The van der Waals surface area contributed by atoms with Gasteiger partial charge in [0.1, 0.15) is 18.4 Å². The van der Waals surface area contributed by atoms with Gasteiger partial charge in [0, 0.05) is 11.6 Å². The van der Waals surface area contributed by atoms with Crippen molar-refractivity contribution >= 4 is 35.3 Å². The molecule has 2 aliphatic rings. The number of para-hydroxylation sites is 1. The maximum absolute atomic E-state index is 13.3. The third kappa shape index (κ3) is 5.88. The van der Waals surface area contributed by atoms with Crippen molar-refractivity contribution in [1.29, 1.82) is 0 Å². The molecule has 2 heterocycles. The molecule has 9 nitrogen and oxygen atoms in total. The number of β-lactam (4-membered cyclic amide) rings is 1. The molecular weight excluding hydrogens is 522 g/mol. The smallest absolute Gasteiger partial charge is 0.350 e. The van der Waals surface area contributed by atoms with Gasteiger partial charge in [0.15, 0.2) is 6.61 Å². The second-order valence-corrected chi connectivity index (χ2v) is 9.71. The van der Waals surface area contributed by atoms with Gasteiger partial charge in [-0.2, -0.15) is 0 Å². The Hall–Kier alpha value is -4.37. The summed E-state index contributed by atoms with van der Waals surface area (Å²) >= 11 is 5.96. The molecule has 2 aliphatic heterocycles. The summed E-state index contributed by atoms with van der Waals surface area (Å²) in [6.45, 7) is -0.199. The molecular formula is C29H26ClN3O6. The van der Waals surface area contributed by atoms with E-state index in [-0.39, 0.29) is 32.1 Å². The highest BCUT2D eigenvalue weighted by atomic mass is 35.5. The van der Waals surface area contributed by atoms with E-state index in [1.54, 1.807) is 48.5 Å². The zero-order valence-corrected chi connectivity index (χ0v) is 21.6. The largest absolute Gasteiger partial charge is 0.484 e. The van der Waals surface area contributed by atoms with Crippen LogP contribution in [0.5, 0.6) is 5.75 Å². The monoisotopic (exact) mass is 547 g/mol. The molecule has 3 aromatic carbocycles. The molecule has 1 N–H and O–H groups in total. The third-order valence-electron chi connectivity index (χ3n) is 6.66. The predicted octanol–water partition coefficient (Wildman–Crippen LogP) is 2.57. The fourth-order valence-corrected chi connectivity index (χ4v) is 4.84. The van der Waals surface area contributed by atoms with Crippen molar-refractivity contribution < 1.29 is 28.7 Å². The summed E-state index contributed by atoms with van der Waals surface area (Å²) in [6.07, 6.45) is -1.21. The zero-order valence-electron chi connectivity index (χ0n) is 20.9. The van der Waals surface area contributed by atoms with E-state index >= 15 is 0 Å². The maximum atomic E-state index is 13.3. The number of hydrogen-bond donors (Lipinski definition) is 1. The van der Waals surface area contributed by atoms with Gasteiger partial charge in [-0.1, -0.05) is 72.3 Å². The Morgan fingerprint density at radius 3 is 2.26 bits per heavy atom. The second-order valence-electron chi connectivity index (χ2n) is 9.28. The van der Waals surface area contributed by atoms with Crippen molar-refractivity contribution in [2.45, 2.75) is 31.3 Å². The highest BCUT2D eigenvalue weighted by Crippen LogP contribution is 2.34. The predicted molar refractivity (Wildman–Crippen MR) is 141 cm³/mol. The summed E-state index contributed by atoms with van der Waals surface area (Å²) in [6, 6.07) is 23.3. The minimum atomic E-state index is -1.22. The normalized spacial score (nSPS) is 19.6. The van der Waals surface area contributed by atoms with E-state index in [1.807, 2.05) is 36.4 Å². The first-order valence-electron chi connectivity index (χ1n) is 12.4.